The van der Waals surface area contributed by atoms with Crippen LogP contribution in [-0.4, -0.2) is 41.9 Å². The van der Waals surface area contributed by atoms with Gasteiger partial charge in [-0.15, -0.1) is 12.3 Å². The lowest BCUT2D eigenvalue weighted by molar-refractivity contribution is -0.133. The number of carbonyl (C=O) groups is 1. The van der Waals surface area contributed by atoms with Crippen LogP contribution in [0.2, 0.25) is 0 Å². The second-order valence-electron chi connectivity index (χ2n) is 5.56. The number of thiophene rings is 1. The van der Waals surface area contributed by atoms with Gasteiger partial charge in [0.05, 0.1) is 0 Å². The van der Waals surface area contributed by atoms with Crippen LogP contribution in [0, 0.1) is 12.3 Å². The molecule has 1 atom stereocenters. The second-order valence-corrected chi connectivity index (χ2v) is 6.34. The van der Waals surface area contributed by atoms with E-state index in [2.05, 4.69) is 34.6 Å². The van der Waals surface area contributed by atoms with Crippen LogP contribution in [0.5, 0.6) is 0 Å². The van der Waals surface area contributed by atoms with Crippen LogP contribution in [0.3, 0.4) is 0 Å². The van der Waals surface area contributed by atoms with Crippen molar-refractivity contribution in [2.75, 3.05) is 26.2 Å². The Morgan fingerprint density at radius 2 is 2.14 bits per heavy atom. The predicted molar refractivity (Wildman–Crippen MR) is 88.2 cm³/mol. The van der Waals surface area contributed by atoms with E-state index >= 15 is 0 Å². The van der Waals surface area contributed by atoms with Crippen LogP contribution in [0.25, 0.3) is 0 Å². The zero-order chi connectivity index (χ0) is 15.1. The molecule has 21 heavy (non-hydrogen) atoms. The summed E-state index contributed by atoms with van der Waals surface area (Å²) in [5, 5.41) is 4.34. The third-order valence-corrected chi connectivity index (χ3v) is 4.90. The minimum absolute atomic E-state index is 0.287. The average Bonchev–Trinajstić information content (AvgIpc) is 3.05. The first-order valence-corrected chi connectivity index (χ1v) is 8.64. The van der Waals surface area contributed by atoms with Crippen molar-refractivity contribution < 1.29 is 4.79 Å². The molecule has 0 radical (unpaired) electrons. The van der Waals surface area contributed by atoms with Crippen LogP contribution in [0.15, 0.2) is 16.8 Å². The molecule has 1 aliphatic heterocycles. The molecule has 2 heterocycles. The highest BCUT2D eigenvalue weighted by atomic mass is 32.1. The first-order valence-electron chi connectivity index (χ1n) is 7.69. The van der Waals surface area contributed by atoms with Crippen molar-refractivity contribution >= 4 is 17.2 Å². The highest BCUT2D eigenvalue weighted by molar-refractivity contribution is 7.07. The first kappa shape index (κ1) is 16.1. The number of unbranched alkanes of at least 4 members (excludes halogenated alkanes) is 2. The van der Waals surface area contributed by atoms with Gasteiger partial charge < -0.3 is 4.90 Å². The van der Waals surface area contributed by atoms with Crippen molar-refractivity contribution in [3.63, 3.8) is 0 Å². The summed E-state index contributed by atoms with van der Waals surface area (Å²) in [5.41, 5.74) is 1.38. The molecule has 0 bridgehead atoms. The summed E-state index contributed by atoms with van der Waals surface area (Å²) in [6, 6.07) is 2.64. The van der Waals surface area contributed by atoms with Gasteiger partial charge in [0.2, 0.25) is 5.91 Å². The number of terminal acetylenes is 1. The molecule has 1 saturated heterocycles. The molecule has 114 valence electrons. The van der Waals surface area contributed by atoms with Crippen LogP contribution < -0.4 is 0 Å². The maximum Gasteiger partial charge on any atom is 0.222 e. The van der Waals surface area contributed by atoms with Gasteiger partial charge in [-0.3, -0.25) is 9.69 Å². The molecule has 0 unspecified atom stereocenters. The number of hydrogen-bond acceptors (Lipinski definition) is 3. The number of piperazine rings is 1. The van der Waals surface area contributed by atoms with Gasteiger partial charge in [-0.05, 0) is 42.2 Å². The van der Waals surface area contributed by atoms with E-state index in [1.54, 1.807) is 11.3 Å². The van der Waals surface area contributed by atoms with Crippen molar-refractivity contribution in [2.45, 2.75) is 38.6 Å². The van der Waals surface area contributed by atoms with Gasteiger partial charge in [-0.2, -0.15) is 11.3 Å². The zero-order valence-corrected chi connectivity index (χ0v) is 13.6. The molecule has 1 fully saturated rings. The van der Waals surface area contributed by atoms with Crippen molar-refractivity contribution in [2.24, 2.45) is 0 Å². The number of rotatable bonds is 6. The van der Waals surface area contributed by atoms with E-state index < -0.39 is 0 Å². The Balaban J connectivity index is 1.73. The van der Waals surface area contributed by atoms with E-state index in [1.165, 1.54) is 5.56 Å². The van der Waals surface area contributed by atoms with Gasteiger partial charge in [0.25, 0.3) is 0 Å². The lowest BCUT2D eigenvalue weighted by Gasteiger charge is -2.38. The molecule has 4 heteroatoms. The van der Waals surface area contributed by atoms with Gasteiger partial charge in [0, 0.05) is 45.1 Å². The van der Waals surface area contributed by atoms with E-state index in [4.69, 9.17) is 6.42 Å². The van der Waals surface area contributed by atoms with Crippen LogP contribution in [-0.2, 0) is 4.79 Å². The monoisotopic (exact) mass is 304 g/mol. The molecule has 0 N–H and O–H groups in total. The largest absolute Gasteiger partial charge is 0.340 e. The van der Waals surface area contributed by atoms with Crippen LogP contribution in [0.1, 0.15) is 44.2 Å². The molecule has 3 nitrogen and oxygen atoms in total. The molecule has 0 saturated carbocycles. The third kappa shape index (κ3) is 4.59. The normalized spacial score (nSPS) is 17.4. The second kappa shape index (κ2) is 8.21. The van der Waals surface area contributed by atoms with Gasteiger partial charge in [0.1, 0.15) is 0 Å². The average molecular weight is 304 g/mol. The predicted octanol–water partition coefficient (Wildman–Crippen LogP) is 3.15. The fraction of sp³-hybridized carbons (Fsp3) is 0.588. The molecular weight excluding hydrogens is 280 g/mol. The van der Waals surface area contributed by atoms with Crippen molar-refractivity contribution in [3.8, 4) is 12.3 Å². The minimum Gasteiger partial charge on any atom is -0.340 e. The minimum atomic E-state index is 0.287. The quantitative estimate of drug-likeness (QED) is 0.595. The van der Waals surface area contributed by atoms with E-state index in [9.17, 15) is 4.79 Å². The summed E-state index contributed by atoms with van der Waals surface area (Å²) in [6.45, 7) is 5.88. The topological polar surface area (TPSA) is 23.6 Å². The summed E-state index contributed by atoms with van der Waals surface area (Å²) in [6.07, 6.45) is 8.51. The standard InChI is InChI=1S/C17H24N2OS/c1-3-4-5-6-7-17(20)19-11-9-18(10-12-19)15(2)16-8-13-21-14-16/h1,8,13-15H,4-7,9-12H2,2H3/t15-/m0/s1. The fourth-order valence-corrected chi connectivity index (χ4v) is 3.49. The van der Waals surface area contributed by atoms with Crippen molar-refractivity contribution in [1.82, 2.24) is 9.80 Å². The van der Waals surface area contributed by atoms with Gasteiger partial charge in [-0.25, -0.2) is 0 Å². The Labute approximate surface area is 131 Å². The smallest absolute Gasteiger partial charge is 0.222 e. The lowest BCUT2D eigenvalue weighted by atomic mass is 10.1. The lowest BCUT2D eigenvalue weighted by Crippen LogP contribution is -2.49. The number of hydrogen-bond donors (Lipinski definition) is 0. The number of amides is 1. The molecule has 1 amide bonds. The fourth-order valence-electron chi connectivity index (χ4n) is 2.74. The molecule has 0 aromatic carbocycles. The molecule has 1 aromatic heterocycles. The number of nitrogens with zero attached hydrogens (tertiary/aromatic N) is 2. The van der Waals surface area contributed by atoms with Gasteiger partial charge >= 0.3 is 0 Å². The molecule has 1 aromatic rings. The molecular formula is C17H24N2OS. The van der Waals surface area contributed by atoms with Crippen LogP contribution in [0.4, 0.5) is 0 Å². The summed E-state index contributed by atoms with van der Waals surface area (Å²) in [4.78, 5) is 16.6. The first-order chi connectivity index (χ1) is 10.2. The van der Waals surface area contributed by atoms with E-state index in [0.29, 0.717) is 12.5 Å². The van der Waals surface area contributed by atoms with E-state index in [0.717, 1.165) is 45.4 Å². The maximum atomic E-state index is 12.1. The Bertz CT molecular complexity index is 469. The Kier molecular flexibility index (Phi) is 6.28. The van der Waals surface area contributed by atoms with Crippen LogP contribution >= 0.6 is 11.3 Å². The molecule has 0 aliphatic carbocycles. The van der Waals surface area contributed by atoms with Crippen molar-refractivity contribution in [3.05, 3.63) is 22.4 Å². The summed E-state index contributed by atoms with van der Waals surface area (Å²) >= 11 is 1.75. The van der Waals surface area contributed by atoms with E-state index in [1.807, 2.05) is 4.90 Å². The summed E-state index contributed by atoms with van der Waals surface area (Å²) < 4.78 is 0. The number of carbonyl (C=O) groups excluding carboxylic acids is 1. The Hall–Kier alpha value is -1.31. The zero-order valence-electron chi connectivity index (χ0n) is 12.8. The van der Waals surface area contributed by atoms with Gasteiger partial charge in [-0.1, -0.05) is 0 Å². The van der Waals surface area contributed by atoms with E-state index in [-0.39, 0.29) is 5.91 Å². The molecule has 0 spiro atoms. The highest BCUT2D eigenvalue weighted by Crippen LogP contribution is 2.23. The maximum absolute atomic E-state index is 12.1. The third-order valence-electron chi connectivity index (χ3n) is 4.20. The molecule has 1 aliphatic rings. The Morgan fingerprint density at radius 1 is 1.38 bits per heavy atom. The molecule has 2 rings (SSSR count). The SMILES string of the molecule is C#CCCCCC(=O)N1CCN([C@@H](C)c2ccsc2)CC1. The summed E-state index contributed by atoms with van der Waals surface area (Å²) in [7, 11) is 0. The Morgan fingerprint density at radius 3 is 2.76 bits per heavy atom. The van der Waals surface area contributed by atoms with Crippen molar-refractivity contribution in [1.29, 1.82) is 0 Å². The summed E-state index contributed by atoms with van der Waals surface area (Å²) in [5.74, 6) is 2.91. The van der Waals surface area contributed by atoms with Gasteiger partial charge in [0.15, 0.2) is 0 Å². The highest BCUT2D eigenvalue weighted by Gasteiger charge is 2.24.